The summed E-state index contributed by atoms with van der Waals surface area (Å²) in [5, 5.41) is 9.42. The van der Waals surface area contributed by atoms with Crippen molar-refractivity contribution in [2.24, 2.45) is 0 Å². The third kappa shape index (κ3) is 3.36. The molecule has 0 radical (unpaired) electrons. The van der Waals surface area contributed by atoms with Gasteiger partial charge in [-0.05, 0) is 55.2 Å². The SMILES string of the molecule is O=C(OCc1nnc(-c2ccc(Cl)cc2)o1)c1c2c(nc3ccccc13)CCC2. The second-order valence-electron chi connectivity index (χ2n) is 6.87. The highest BCUT2D eigenvalue weighted by molar-refractivity contribution is 6.30. The Labute approximate surface area is 171 Å². The van der Waals surface area contributed by atoms with Crippen molar-refractivity contribution in [2.75, 3.05) is 0 Å². The minimum Gasteiger partial charge on any atom is -0.452 e. The Balaban J connectivity index is 1.39. The highest BCUT2D eigenvalue weighted by Gasteiger charge is 2.25. The van der Waals surface area contributed by atoms with Crippen LogP contribution in [0.1, 0.15) is 33.9 Å². The predicted octanol–water partition coefficient (Wildman–Crippen LogP) is 4.78. The van der Waals surface area contributed by atoms with Gasteiger partial charge in [-0.2, -0.15) is 0 Å². The van der Waals surface area contributed by atoms with Gasteiger partial charge in [0.15, 0.2) is 6.61 Å². The summed E-state index contributed by atoms with van der Waals surface area (Å²) in [6.45, 7) is -0.0924. The number of para-hydroxylation sites is 1. The molecule has 0 saturated carbocycles. The third-order valence-corrected chi connectivity index (χ3v) is 5.26. The zero-order valence-corrected chi connectivity index (χ0v) is 16.1. The van der Waals surface area contributed by atoms with Crippen molar-refractivity contribution < 1.29 is 13.9 Å². The number of hydrogen-bond acceptors (Lipinski definition) is 6. The van der Waals surface area contributed by atoms with Gasteiger partial charge in [0, 0.05) is 21.7 Å². The maximum atomic E-state index is 13.0. The number of pyridine rings is 1. The lowest BCUT2D eigenvalue weighted by Gasteiger charge is -2.11. The number of carbonyl (C=O) groups is 1. The quantitative estimate of drug-likeness (QED) is 0.454. The molecule has 0 spiro atoms. The molecule has 4 aromatic rings. The highest BCUT2D eigenvalue weighted by atomic mass is 35.5. The summed E-state index contributed by atoms with van der Waals surface area (Å²) in [5.74, 6) is 0.189. The second kappa shape index (κ2) is 7.29. The normalized spacial score (nSPS) is 12.9. The molecular formula is C22H16ClN3O3. The van der Waals surface area contributed by atoms with E-state index in [1.165, 1.54) is 0 Å². The van der Waals surface area contributed by atoms with Crippen molar-refractivity contribution in [1.82, 2.24) is 15.2 Å². The summed E-state index contributed by atoms with van der Waals surface area (Å²) in [6.07, 6.45) is 2.71. The number of nitrogens with zero attached hydrogens (tertiary/aromatic N) is 3. The van der Waals surface area contributed by atoms with Gasteiger partial charge in [-0.3, -0.25) is 4.98 Å². The van der Waals surface area contributed by atoms with Crippen LogP contribution in [0.4, 0.5) is 0 Å². The molecule has 2 aromatic carbocycles. The molecule has 1 aliphatic rings. The van der Waals surface area contributed by atoms with Crippen molar-refractivity contribution >= 4 is 28.5 Å². The zero-order chi connectivity index (χ0) is 19.8. The molecule has 144 valence electrons. The molecule has 0 fully saturated rings. The molecule has 2 aromatic heterocycles. The molecule has 0 atom stereocenters. The van der Waals surface area contributed by atoms with Gasteiger partial charge in [0.1, 0.15) is 0 Å². The average molecular weight is 406 g/mol. The molecule has 0 aliphatic heterocycles. The minimum atomic E-state index is -0.395. The number of rotatable bonds is 4. The number of benzene rings is 2. The first kappa shape index (κ1) is 17.8. The lowest BCUT2D eigenvalue weighted by molar-refractivity contribution is 0.0440. The van der Waals surface area contributed by atoms with Crippen molar-refractivity contribution in [3.05, 3.63) is 76.3 Å². The fourth-order valence-corrected chi connectivity index (χ4v) is 3.79. The summed E-state index contributed by atoms with van der Waals surface area (Å²) >= 11 is 5.90. The number of hydrogen-bond donors (Lipinski definition) is 0. The standard InChI is InChI=1S/C22H16ClN3O3/c23-14-10-8-13(9-11-14)21-26-25-19(29-21)12-28-22(27)20-15-4-1-2-6-17(15)24-18-7-3-5-16(18)20/h1-2,4,6,8-11H,3,5,7,12H2. The average Bonchev–Trinajstić information content (AvgIpc) is 3.40. The summed E-state index contributed by atoms with van der Waals surface area (Å²) in [7, 11) is 0. The zero-order valence-electron chi connectivity index (χ0n) is 15.4. The van der Waals surface area contributed by atoms with Gasteiger partial charge >= 0.3 is 5.97 Å². The Morgan fingerprint density at radius 3 is 2.76 bits per heavy atom. The molecule has 1 aliphatic carbocycles. The van der Waals surface area contributed by atoms with Crippen LogP contribution in [0.25, 0.3) is 22.4 Å². The maximum absolute atomic E-state index is 13.0. The molecule has 29 heavy (non-hydrogen) atoms. The second-order valence-corrected chi connectivity index (χ2v) is 7.30. The lowest BCUT2D eigenvalue weighted by Crippen LogP contribution is -2.10. The van der Waals surface area contributed by atoms with E-state index in [1.807, 2.05) is 24.3 Å². The number of fused-ring (bicyclic) bond motifs is 2. The Hall–Kier alpha value is -3.25. The molecular weight excluding hydrogens is 390 g/mol. The maximum Gasteiger partial charge on any atom is 0.339 e. The van der Waals surface area contributed by atoms with Gasteiger partial charge in [-0.15, -0.1) is 10.2 Å². The van der Waals surface area contributed by atoms with E-state index in [-0.39, 0.29) is 12.5 Å². The van der Waals surface area contributed by atoms with Crippen LogP contribution in [-0.4, -0.2) is 21.2 Å². The van der Waals surface area contributed by atoms with Gasteiger partial charge in [-0.1, -0.05) is 29.8 Å². The molecule has 0 N–H and O–H groups in total. The summed E-state index contributed by atoms with van der Waals surface area (Å²) in [6, 6.07) is 14.7. The first-order chi connectivity index (χ1) is 14.2. The summed E-state index contributed by atoms with van der Waals surface area (Å²) < 4.78 is 11.2. The van der Waals surface area contributed by atoms with E-state index in [0.717, 1.165) is 47.0 Å². The van der Waals surface area contributed by atoms with E-state index < -0.39 is 5.97 Å². The Morgan fingerprint density at radius 2 is 1.90 bits per heavy atom. The van der Waals surface area contributed by atoms with Gasteiger partial charge in [-0.25, -0.2) is 4.79 Å². The fourth-order valence-electron chi connectivity index (χ4n) is 3.66. The van der Waals surface area contributed by atoms with E-state index in [2.05, 4.69) is 10.2 Å². The van der Waals surface area contributed by atoms with Crippen LogP contribution in [0.2, 0.25) is 5.02 Å². The molecule has 2 heterocycles. The smallest absolute Gasteiger partial charge is 0.339 e. The molecule has 0 amide bonds. The highest BCUT2D eigenvalue weighted by Crippen LogP contribution is 2.30. The van der Waals surface area contributed by atoms with E-state index in [1.54, 1.807) is 24.3 Å². The van der Waals surface area contributed by atoms with E-state index in [4.69, 9.17) is 25.7 Å². The number of esters is 1. The van der Waals surface area contributed by atoms with Crippen molar-refractivity contribution in [3.8, 4) is 11.5 Å². The van der Waals surface area contributed by atoms with Crippen molar-refractivity contribution in [1.29, 1.82) is 0 Å². The third-order valence-electron chi connectivity index (χ3n) is 5.01. The number of ether oxygens (including phenoxy) is 1. The van der Waals surface area contributed by atoms with Crippen LogP contribution in [0.5, 0.6) is 0 Å². The largest absolute Gasteiger partial charge is 0.452 e. The molecule has 0 saturated heterocycles. The predicted molar refractivity (Wildman–Crippen MR) is 108 cm³/mol. The van der Waals surface area contributed by atoms with Gasteiger partial charge in [0.25, 0.3) is 5.89 Å². The Bertz CT molecular complexity index is 1220. The van der Waals surface area contributed by atoms with E-state index in [0.29, 0.717) is 16.5 Å². The summed E-state index contributed by atoms with van der Waals surface area (Å²) in [4.78, 5) is 17.7. The first-order valence-corrected chi connectivity index (χ1v) is 9.73. The van der Waals surface area contributed by atoms with Gasteiger partial charge in [0.05, 0.1) is 11.1 Å². The van der Waals surface area contributed by atoms with Gasteiger partial charge in [0.2, 0.25) is 5.89 Å². The van der Waals surface area contributed by atoms with Crippen LogP contribution in [-0.2, 0) is 24.2 Å². The number of carbonyl (C=O) groups excluding carboxylic acids is 1. The lowest BCUT2D eigenvalue weighted by atomic mass is 10.0. The number of halogens is 1. The monoisotopic (exact) mass is 405 g/mol. The Kier molecular flexibility index (Phi) is 4.48. The molecule has 0 unspecified atom stereocenters. The van der Waals surface area contributed by atoms with Gasteiger partial charge < -0.3 is 9.15 Å². The van der Waals surface area contributed by atoms with Crippen LogP contribution >= 0.6 is 11.6 Å². The Morgan fingerprint density at radius 1 is 1.07 bits per heavy atom. The van der Waals surface area contributed by atoms with Crippen molar-refractivity contribution in [2.45, 2.75) is 25.9 Å². The fraction of sp³-hybridized carbons (Fsp3) is 0.182. The van der Waals surface area contributed by atoms with Crippen molar-refractivity contribution in [3.63, 3.8) is 0 Å². The molecule has 5 rings (SSSR count). The van der Waals surface area contributed by atoms with Crippen LogP contribution in [0.15, 0.2) is 52.9 Å². The minimum absolute atomic E-state index is 0.0924. The van der Waals surface area contributed by atoms with Crippen LogP contribution in [0.3, 0.4) is 0 Å². The topological polar surface area (TPSA) is 78.1 Å². The van der Waals surface area contributed by atoms with E-state index >= 15 is 0 Å². The molecule has 0 bridgehead atoms. The number of aromatic nitrogens is 3. The molecule has 6 nitrogen and oxygen atoms in total. The summed E-state index contributed by atoms with van der Waals surface area (Å²) in [5.41, 5.74) is 4.13. The molecule has 7 heteroatoms. The van der Waals surface area contributed by atoms with E-state index in [9.17, 15) is 4.79 Å². The first-order valence-electron chi connectivity index (χ1n) is 9.35. The van der Waals surface area contributed by atoms with Crippen LogP contribution < -0.4 is 0 Å². The number of aryl methyl sites for hydroxylation is 1. The van der Waals surface area contributed by atoms with Crippen LogP contribution in [0, 0.1) is 0 Å².